The summed E-state index contributed by atoms with van der Waals surface area (Å²) in [5, 5.41) is 5.68. The SMILES string of the molecule is C[C@@H]1Oc2c(cccc2C(=O)N(CC(=O)NC2CC2)C2CC2)NC1=O. The Bertz CT molecular complexity index is 740. The van der Waals surface area contributed by atoms with Crippen molar-refractivity contribution in [2.24, 2.45) is 0 Å². The maximum atomic E-state index is 13.1. The van der Waals surface area contributed by atoms with Crippen molar-refractivity contribution in [1.82, 2.24) is 10.2 Å². The first-order valence-corrected chi connectivity index (χ1v) is 8.74. The van der Waals surface area contributed by atoms with Crippen molar-refractivity contribution in [1.29, 1.82) is 0 Å². The van der Waals surface area contributed by atoms with E-state index in [4.69, 9.17) is 4.74 Å². The number of nitrogens with zero attached hydrogens (tertiary/aromatic N) is 1. The predicted molar refractivity (Wildman–Crippen MR) is 90.4 cm³/mol. The molecule has 2 saturated carbocycles. The monoisotopic (exact) mass is 343 g/mol. The normalized spacial score (nSPS) is 21.6. The van der Waals surface area contributed by atoms with Crippen LogP contribution in [0.1, 0.15) is 43.0 Å². The number of nitrogens with one attached hydrogen (secondary N) is 2. The number of para-hydroxylation sites is 1. The van der Waals surface area contributed by atoms with Crippen molar-refractivity contribution in [2.45, 2.75) is 50.8 Å². The van der Waals surface area contributed by atoms with Crippen LogP contribution in [-0.4, -0.2) is 47.4 Å². The number of anilines is 1. The van der Waals surface area contributed by atoms with Gasteiger partial charge in [0, 0.05) is 12.1 Å². The lowest BCUT2D eigenvalue weighted by atomic mass is 10.1. The van der Waals surface area contributed by atoms with E-state index in [2.05, 4.69) is 10.6 Å². The summed E-state index contributed by atoms with van der Waals surface area (Å²) >= 11 is 0. The molecule has 132 valence electrons. The maximum absolute atomic E-state index is 13.1. The van der Waals surface area contributed by atoms with Crippen molar-refractivity contribution in [3.05, 3.63) is 23.8 Å². The number of carbonyl (C=O) groups excluding carboxylic acids is 3. The molecule has 0 bridgehead atoms. The van der Waals surface area contributed by atoms with E-state index < -0.39 is 6.10 Å². The molecule has 7 heteroatoms. The fourth-order valence-electron chi connectivity index (χ4n) is 2.96. The summed E-state index contributed by atoms with van der Waals surface area (Å²) in [5.41, 5.74) is 0.877. The number of benzene rings is 1. The van der Waals surface area contributed by atoms with E-state index in [-0.39, 0.29) is 36.3 Å². The van der Waals surface area contributed by atoms with Gasteiger partial charge >= 0.3 is 0 Å². The lowest BCUT2D eigenvalue weighted by molar-refractivity contribution is -0.123. The molecule has 3 amide bonds. The minimum atomic E-state index is -0.658. The van der Waals surface area contributed by atoms with Crippen molar-refractivity contribution < 1.29 is 19.1 Å². The highest BCUT2D eigenvalue weighted by atomic mass is 16.5. The second kappa shape index (κ2) is 6.06. The molecule has 0 aromatic heterocycles. The second-order valence-corrected chi connectivity index (χ2v) is 6.94. The standard InChI is InChI=1S/C18H21N3O4/c1-10-17(23)20-14-4-2-3-13(16(14)25-10)18(24)21(12-7-8-12)9-15(22)19-11-5-6-11/h2-4,10-12H,5-9H2,1H3,(H,19,22)(H,20,23)/t10-/m0/s1. The molecule has 3 aliphatic rings. The van der Waals surface area contributed by atoms with Crippen LogP contribution in [-0.2, 0) is 9.59 Å². The van der Waals surface area contributed by atoms with Gasteiger partial charge in [-0.2, -0.15) is 0 Å². The minimum Gasteiger partial charge on any atom is -0.478 e. The van der Waals surface area contributed by atoms with E-state index in [0.717, 1.165) is 25.7 Å². The number of amides is 3. The summed E-state index contributed by atoms with van der Waals surface area (Å²) in [6.07, 6.45) is 3.19. The Morgan fingerprint density at radius 3 is 2.72 bits per heavy atom. The number of hydrogen-bond donors (Lipinski definition) is 2. The van der Waals surface area contributed by atoms with Crippen LogP contribution in [0.4, 0.5) is 5.69 Å². The quantitative estimate of drug-likeness (QED) is 0.843. The largest absolute Gasteiger partial charge is 0.478 e. The summed E-state index contributed by atoms with van der Waals surface area (Å²) in [5.74, 6) is -0.198. The average Bonchev–Trinajstić information content (AvgIpc) is 3.47. The lowest BCUT2D eigenvalue weighted by Crippen LogP contribution is -2.43. The fourth-order valence-corrected chi connectivity index (χ4v) is 2.96. The first kappa shape index (κ1) is 15.9. The third-order valence-electron chi connectivity index (χ3n) is 4.67. The van der Waals surface area contributed by atoms with Gasteiger partial charge in [-0.15, -0.1) is 0 Å². The molecule has 0 radical (unpaired) electrons. The van der Waals surface area contributed by atoms with E-state index in [9.17, 15) is 14.4 Å². The van der Waals surface area contributed by atoms with Crippen molar-refractivity contribution in [2.75, 3.05) is 11.9 Å². The van der Waals surface area contributed by atoms with Crippen LogP contribution in [0, 0.1) is 0 Å². The Kier molecular flexibility index (Phi) is 3.86. The van der Waals surface area contributed by atoms with Gasteiger partial charge in [0.05, 0.1) is 11.3 Å². The smallest absolute Gasteiger partial charge is 0.265 e. The van der Waals surface area contributed by atoms with Gasteiger partial charge in [-0.3, -0.25) is 14.4 Å². The molecule has 0 saturated heterocycles. The average molecular weight is 343 g/mol. The topological polar surface area (TPSA) is 87.7 Å². The zero-order valence-corrected chi connectivity index (χ0v) is 14.1. The molecule has 4 rings (SSSR count). The van der Waals surface area contributed by atoms with Gasteiger partial charge in [-0.1, -0.05) is 6.07 Å². The number of hydrogen-bond acceptors (Lipinski definition) is 4. The van der Waals surface area contributed by atoms with Gasteiger partial charge < -0.3 is 20.3 Å². The Hall–Kier alpha value is -2.57. The Balaban J connectivity index is 1.57. The van der Waals surface area contributed by atoms with Crippen LogP contribution >= 0.6 is 0 Å². The molecule has 25 heavy (non-hydrogen) atoms. The highest BCUT2D eigenvalue weighted by Gasteiger charge is 2.37. The number of ether oxygens (including phenoxy) is 1. The van der Waals surface area contributed by atoms with Crippen LogP contribution in [0.2, 0.25) is 0 Å². The van der Waals surface area contributed by atoms with Crippen LogP contribution in [0.5, 0.6) is 5.75 Å². The molecule has 2 fully saturated rings. The Labute approximate surface area is 145 Å². The predicted octanol–water partition coefficient (Wildman–Crippen LogP) is 1.29. The number of carbonyl (C=O) groups is 3. The first-order chi connectivity index (χ1) is 12.0. The minimum absolute atomic E-state index is 0.0611. The summed E-state index contributed by atoms with van der Waals surface area (Å²) in [4.78, 5) is 38.6. The van der Waals surface area contributed by atoms with Gasteiger partial charge in [0.25, 0.3) is 11.8 Å². The van der Waals surface area contributed by atoms with Gasteiger partial charge in [0.2, 0.25) is 5.91 Å². The Morgan fingerprint density at radius 2 is 2.04 bits per heavy atom. The van der Waals surface area contributed by atoms with E-state index in [1.54, 1.807) is 30.0 Å². The summed E-state index contributed by atoms with van der Waals surface area (Å²) in [6.45, 7) is 1.70. The highest BCUT2D eigenvalue weighted by Crippen LogP contribution is 2.36. The number of fused-ring (bicyclic) bond motifs is 1. The number of rotatable bonds is 5. The summed E-state index contributed by atoms with van der Waals surface area (Å²) in [7, 11) is 0. The molecule has 1 aliphatic heterocycles. The zero-order chi connectivity index (χ0) is 17.6. The summed E-state index contributed by atoms with van der Waals surface area (Å²) < 4.78 is 5.67. The van der Waals surface area contributed by atoms with Crippen LogP contribution in [0.25, 0.3) is 0 Å². The molecular weight excluding hydrogens is 322 g/mol. The molecular formula is C18H21N3O4. The van der Waals surface area contributed by atoms with E-state index in [0.29, 0.717) is 17.0 Å². The first-order valence-electron chi connectivity index (χ1n) is 8.74. The maximum Gasteiger partial charge on any atom is 0.265 e. The molecule has 1 atom stereocenters. The molecule has 1 aromatic rings. The molecule has 1 aromatic carbocycles. The zero-order valence-electron chi connectivity index (χ0n) is 14.1. The second-order valence-electron chi connectivity index (χ2n) is 6.94. The van der Waals surface area contributed by atoms with Crippen LogP contribution in [0.15, 0.2) is 18.2 Å². The molecule has 1 heterocycles. The third kappa shape index (κ3) is 3.31. The van der Waals surface area contributed by atoms with E-state index in [1.807, 2.05) is 0 Å². The van der Waals surface area contributed by atoms with Crippen molar-refractivity contribution in [3.63, 3.8) is 0 Å². The van der Waals surface area contributed by atoms with Crippen LogP contribution in [0.3, 0.4) is 0 Å². The molecule has 0 unspecified atom stereocenters. The van der Waals surface area contributed by atoms with Gasteiger partial charge in [-0.25, -0.2) is 0 Å². The van der Waals surface area contributed by atoms with E-state index >= 15 is 0 Å². The Morgan fingerprint density at radius 1 is 1.28 bits per heavy atom. The van der Waals surface area contributed by atoms with Crippen molar-refractivity contribution in [3.8, 4) is 5.75 Å². The van der Waals surface area contributed by atoms with Gasteiger partial charge in [-0.05, 0) is 44.7 Å². The third-order valence-corrected chi connectivity index (χ3v) is 4.67. The van der Waals surface area contributed by atoms with E-state index in [1.165, 1.54) is 0 Å². The van der Waals surface area contributed by atoms with Gasteiger partial charge in [0.1, 0.15) is 6.54 Å². The molecule has 0 spiro atoms. The molecule has 2 N–H and O–H groups in total. The van der Waals surface area contributed by atoms with Gasteiger partial charge in [0.15, 0.2) is 11.9 Å². The highest BCUT2D eigenvalue weighted by molar-refractivity contribution is 6.04. The van der Waals surface area contributed by atoms with Crippen molar-refractivity contribution >= 4 is 23.4 Å². The lowest BCUT2D eigenvalue weighted by Gasteiger charge is -2.27. The van der Waals surface area contributed by atoms with Crippen LogP contribution < -0.4 is 15.4 Å². The summed E-state index contributed by atoms with van der Waals surface area (Å²) in [6, 6.07) is 5.47. The molecule has 7 nitrogen and oxygen atoms in total. The fraction of sp³-hybridized carbons (Fsp3) is 0.500. The molecule has 2 aliphatic carbocycles.